The molecule has 1 atom stereocenters. The van der Waals surface area contributed by atoms with Crippen molar-refractivity contribution < 1.29 is 32.5 Å². The first-order valence-corrected chi connectivity index (χ1v) is 6.97. The fourth-order valence-corrected chi connectivity index (χ4v) is 2.64. The molecule has 1 heterocycles. The van der Waals surface area contributed by atoms with Gasteiger partial charge < -0.3 is 14.6 Å². The Morgan fingerprint density at radius 2 is 1.91 bits per heavy atom. The number of ether oxygens (including phenoxy) is 2. The van der Waals surface area contributed by atoms with Crippen LogP contribution in [0.1, 0.15) is 31.9 Å². The highest BCUT2D eigenvalue weighted by molar-refractivity contribution is 6.31. The molecular formula is C15H14ClF3O4. The minimum atomic E-state index is -4.82. The summed E-state index contributed by atoms with van der Waals surface area (Å²) in [5.41, 5.74) is 0.444. The average Bonchev–Trinajstić information content (AvgIpc) is 2.33. The van der Waals surface area contributed by atoms with Crippen molar-refractivity contribution >= 4 is 23.8 Å². The van der Waals surface area contributed by atoms with Crippen LogP contribution in [0.4, 0.5) is 18.0 Å². The molecule has 0 spiro atoms. The predicted octanol–water partition coefficient (Wildman–Crippen LogP) is 5.00. The molecule has 0 saturated heterocycles. The van der Waals surface area contributed by atoms with Gasteiger partial charge in [-0.25, -0.2) is 4.79 Å². The Labute approximate surface area is 135 Å². The van der Waals surface area contributed by atoms with Crippen molar-refractivity contribution in [1.82, 2.24) is 0 Å². The summed E-state index contributed by atoms with van der Waals surface area (Å²) in [6, 6.07) is 2.86. The third kappa shape index (κ3) is 3.72. The van der Waals surface area contributed by atoms with Gasteiger partial charge in [0.1, 0.15) is 5.75 Å². The van der Waals surface area contributed by atoms with E-state index in [0.29, 0.717) is 10.6 Å². The van der Waals surface area contributed by atoms with Crippen LogP contribution in [-0.4, -0.2) is 23.5 Å². The average molecular weight is 351 g/mol. The van der Waals surface area contributed by atoms with E-state index in [9.17, 15) is 18.0 Å². The molecule has 4 nitrogen and oxygen atoms in total. The second-order valence-electron chi connectivity index (χ2n) is 6.07. The maximum absolute atomic E-state index is 13.1. The fourth-order valence-electron chi connectivity index (χ4n) is 2.18. The highest BCUT2D eigenvalue weighted by Crippen LogP contribution is 2.42. The van der Waals surface area contributed by atoms with Crippen LogP contribution in [0.25, 0.3) is 6.08 Å². The lowest BCUT2D eigenvalue weighted by Gasteiger charge is -2.29. The van der Waals surface area contributed by atoms with Crippen LogP contribution in [0.2, 0.25) is 5.02 Å². The fraction of sp³-hybridized carbons (Fsp3) is 0.400. The zero-order chi connectivity index (χ0) is 17.6. The molecule has 0 fully saturated rings. The molecule has 23 heavy (non-hydrogen) atoms. The van der Waals surface area contributed by atoms with E-state index in [4.69, 9.17) is 21.4 Å². The Hall–Kier alpha value is -1.89. The summed E-state index contributed by atoms with van der Waals surface area (Å²) in [5, 5.41) is 8.93. The van der Waals surface area contributed by atoms with E-state index >= 15 is 0 Å². The number of hydrogen-bond acceptors (Lipinski definition) is 3. The predicted molar refractivity (Wildman–Crippen MR) is 77.7 cm³/mol. The largest absolute Gasteiger partial charge is 0.511 e. The number of carbonyl (C=O) groups is 1. The van der Waals surface area contributed by atoms with Gasteiger partial charge in [0, 0.05) is 10.6 Å². The van der Waals surface area contributed by atoms with Gasteiger partial charge >= 0.3 is 12.3 Å². The summed E-state index contributed by atoms with van der Waals surface area (Å²) < 4.78 is 48.4. The van der Waals surface area contributed by atoms with Gasteiger partial charge in [0.05, 0.1) is 0 Å². The molecule has 1 aromatic rings. The Bertz CT molecular complexity index is 675. The molecule has 1 N–H and O–H groups in total. The molecule has 0 aliphatic carbocycles. The van der Waals surface area contributed by atoms with Gasteiger partial charge in [0.2, 0.25) is 0 Å². The second kappa shape index (κ2) is 5.63. The van der Waals surface area contributed by atoms with Crippen molar-refractivity contribution in [1.29, 1.82) is 0 Å². The van der Waals surface area contributed by atoms with Gasteiger partial charge in [-0.05, 0) is 29.2 Å². The van der Waals surface area contributed by atoms with Crippen LogP contribution in [0.15, 0.2) is 17.9 Å². The highest BCUT2D eigenvalue weighted by Gasteiger charge is 2.48. The molecule has 0 aromatic heterocycles. The molecule has 1 aliphatic rings. The third-order valence-electron chi connectivity index (χ3n) is 3.21. The SMILES string of the molecule is CC(C)(C)c1cc2c(cc1Cl)C=C(OC(=O)O)[C@@H](C(F)(F)F)O2. The van der Waals surface area contributed by atoms with Crippen LogP contribution in [0.5, 0.6) is 5.75 Å². The first-order valence-electron chi connectivity index (χ1n) is 6.59. The van der Waals surface area contributed by atoms with Gasteiger partial charge in [-0.2, -0.15) is 13.2 Å². The lowest BCUT2D eigenvalue weighted by molar-refractivity contribution is -0.191. The molecule has 0 radical (unpaired) electrons. The van der Waals surface area contributed by atoms with E-state index in [2.05, 4.69) is 4.74 Å². The molecule has 1 aliphatic heterocycles. The van der Waals surface area contributed by atoms with E-state index in [-0.39, 0.29) is 11.3 Å². The number of carboxylic acid groups (broad SMARTS) is 1. The van der Waals surface area contributed by atoms with Gasteiger partial charge in [0.15, 0.2) is 5.76 Å². The zero-order valence-corrected chi connectivity index (χ0v) is 13.2. The molecule has 126 valence electrons. The van der Waals surface area contributed by atoms with Crippen molar-refractivity contribution in [3.8, 4) is 5.75 Å². The molecule has 0 amide bonds. The van der Waals surface area contributed by atoms with E-state index in [1.54, 1.807) is 0 Å². The Kier molecular flexibility index (Phi) is 4.28. The monoisotopic (exact) mass is 350 g/mol. The maximum Gasteiger partial charge on any atom is 0.511 e. The summed E-state index contributed by atoms with van der Waals surface area (Å²) in [4.78, 5) is 10.6. The van der Waals surface area contributed by atoms with E-state index < -0.39 is 29.6 Å². The number of fused-ring (bicyclic) bond motifs is 1. The number of hydrogen-bond donors (Lipinski definition) is 1. The molecular weight excluding hydrogens is 337 g/mol. The van der Waals surface area contributed by atoms with Crippen molar-refractivity contribution in [2.24, 2.45) is 0 Å². The minimum Gasteiger partial charge on any atom is -0.472 e. The van der Waals surface area contributed by atoms with Gasteiger partial charge in [-0.15, -0.1) is 0 Å². The lowest BCUT2D eigenvalue weighted by Crippen LogP contribution is -2.39. The quantitative estimate of drug-likeness (QED) is 0.724. The van der Waals surface area contributed by atoms with Crippen LogP contribution >= 0.6 is 11.6 Å². The normalized spacial score (nSPS) is 17.9. The number of halogens is 4. The van der Waals surface area contributed by atoms with Gasteiger partial charge in [-0.1, -0.05) is 32.4 Å². The number of benzene rings is 1. The van der Waals surface area contributed by atoms with Crippen LogP contribution in [0.3, 0.4) is 0 Å². The van der Waals surface area contributed by atoms with E-state index in [1.807, 2.05) is 20.8 Å². The standard InChI is InChI=1S/C15H14ClF3O4/c1-14(2,3)8-6-10-7(4-9(8)16)5-11(23-13(20)21)12(22-10)15(17,18)19/h4-6,12H,1-3H3,(H,20,21)/t12-/m0/s1. The van der Waals surface area contributed by atoms with Crippen molar-refractivity contribution in [3.05, 3.63) is 34.0 Å². The van der Waals surface area contributed by atoms with E-state index in [1.165, 1.54) is 12.1 Å². The minimum absolute atomic E-state index is 0.0283. The second-order valence-corrected chi connectivity index (χ2v) is 6.48. The molecule has 2 rings (SSSR count). The summed E-state index contributed by atoms with van der Waals surface area (Å²) in [5.74, 6) is -0.878. The van der Waals surface area contributed by atoms with Crippen molar-refractivity contribution in [2.75, 3.05) is 0 Å². The summed E-state index contributed by atoms with van der Waals surface area (Å²) >= 11 is 6.16. The summed E-state index contributed by atoms with van der Waals surface area (Å²) in [6.45, 7) is 5.58. The van der Waals surface area contributed by atoms with Gasteiger partial charge in [0.25, 0.3) is 6.10 Å². The topological polar surface area (TPSA) is 55.8 Å². The number of alkyl halides is 3. The Morgan fingerprint density at radius 1 is 1.30 bits per heavy atom. The molecule has 0 bridgehead atoms. The van der Waals surface area contributed by atoms with Crippen LogP contribution < -0.4 is 4.74 Å². The van der Waals surface area contributed by atoms with Crippen LogP contribution in [-0.2, 0) is 10.2 Å². The van der Waals surface area contributed by atoms with Crippen molar-refractivity contribution in [2.45, 2.75) is 38.5 Å². The Balaban J connectivity index is 2.56. The maximum atomic E-state index is 13.1. The van der Waals surface area contributed by atoms with E-state index in [0.717, 1.165) is 6.08 Å². The first-order chi connectivity index (χ1) is 10.4. The van der Waals surface area contributed by atoms with Gasteiger partial charge in [-0.3, -0.25) is 0 Å². The Morgan fingerprint density at radius 3 is 2.39 bits per heavy atom. The highest BCUT2D eigenvalue weighted by atomic mass is 35.5. The molecule has 8 heteroatoms. The number of rotatable bonds is 1. The zero-order valence-electron chi connectivity index (χ0n) is 12.5. The third-order valence-corrected chi connectivity index (χ3v) is 3.52. The first kappa shape index (κ1) is 17.5. The lowest BCUT2D eigenvalue weighted by atomic mass is 9.86. The smallest absolute Gasteiger partial charge is 0.472 e. The molecule has 1 aromatic carbocycles. The van der Waals surface area contributed by atoms with Crippen LogP contribution in [0, 0.1) is 0 Å². The summed E-state index contributed by atoms with van der Waals surface area (Å²) in [7, 11) is 0. The van der Waals surface area contributed by atoms with Crippen molar-refractivity contribution in [3.63, 3.8) is 0 Å². The molecule has 0 saturated carbocycles. The molecule has 0 unspecified atom stereocenters. The summed E-state index contributed by atoms with van der Waals surface area (Å²) in [6.07, 6.45) is -8.18.